The van der Waals surface area contributed by atoms with Crippen LogP contribution in [0.2, 0.25) is 0 Å². The second kappa shape index (κ2) is 10.2. The second-order valence-corrected chi connectivity index (χ2v) is 5.97. The van der Waals surface area contributed by atoms with Crippen molar-refractivity contribution in [1.29, 1.82) is 0 Å². The van der Waals surface area contributed by atoms with E-state index >= 15 is 0 Å². The Labute approximate surface area is 129 Å². The van der Waals surface area contributed by atoms with Gasteiger partial charge in [0.2, 0.25) is 0 Å². The Morgan fingerprint density at radius 2 is 2.05 bits per heavy atom. The molecule has 0 aliphatic heterocycles. The Kier molecular flexibility index (Phi) is 8.50. The zero-order chi connectivity index (χ0) is 15.5. The van der Waals surface area contributed by atoms with E-state index in [-0.39, 0.29) is 18.5 Å². The Bertz CT molecular complexity index is 421. The Morgan fingerprint density at radius 3 is 2.71 bits per heavy atom. The van der Waals surface area contributed by atoms with E-state index < -0.39 is 5.97 Å². The summed E-state index contributed by atoms with van der Waals surface area (Å²) < 4.78 is 0. The van der Waals surface area contributed by atoms with E-state index in [0.29, 0.717) is 13.0 Å². The Hall–Kier alpha value is -1.56. The number of carbonyl (C=O) groups excluding carboxylic acids is 1. The number of urea groups is 1. The van der Waals surface area contributed by atoms with Gasteiger partial charge in [-0.05, 0) is 48.6 Å². The van der Waals surface area contributed by atoms with Crippen LogP contribution in [0.25, 0.3) is 0 Å². The van der Waals surface area contributed by atoms with Crippen molar-refractivity contribution in [3.63, 3.8) is 0 Å². The van der Waals surface area contributed by atoms with Gasteiger partial charge in [0.1, 0.15) is 0 Å². The number of carbonyl (C=O) groups is 2. The van der Waals surface area contributed by atoms with Crippen molar-refractivity contribution in [3.8, 4) is 0 Å². The lowest BCUT2D eigenvalue weighted by molar-refractivity contribution is -0.137. The van der Waals surface area contributed by atoms with E-state index in [9.17, 15) is 9.59 Å². The molecule has 1 atom stereocenters. The smallest absolute Gasteiger partial charge is 0.315 e. The zero-order valence-corrected chi connectivity index (χ0v) is 13.2. The molecule has 3 N–H and O–H groups in total. The average molecular weight is 312 g/mol. The van der Waals surface area contributed by atoms with Gasteiger partial charge >= 0.3 is 12.0 Å². The molecule has 2 amide bonds. The molecule has 0 bridgehead atoms. The maximum atomic E-state index is 11.7. The molecule has 1 rings (SSSR count). The number of unbranched alkanes of at least 4 members (excludes halogenated alkanes) is 3. The fourth-order valence-electron chi connectivity index (χ4n) is 2.04. The number of hydrogen-bond acceptors (Lipinski definition) is 3. The molecule has 0 aromatic carbocycles. The maximum Gasteiger partial charge on any atom is 0.315 e. The number of rotatable bonds is 10. The van der Waals surface area contributed by atoms with Gasteiger partial charge in [-0.3, -0.25) is 4.79 Å². The largest absolute Gasteiger partial charge is 0.481 e. The van der Waals surface area contributed by atoms with Gasteiger partial charge in [-0.15, -0.1) is 0 Å². The van der Waals surface area contributed by atoms with E-state index in [1.807, 2.05) is 12.3 Å². The van der Waals surface area contributed by atoms with Crippen LogP contribution in [0.4, 0.5) is 4.79 Å². The lowest BCUT2D eigenvalue weighted by Gasteiger charge is -2.14. The number of hydrogen-bond donors (Lipinski definition) is 3. The minimum Gasteiger partial charge on any atom is -0.481 e. The Balaban J connectivity index is 1.99. The van der Waals surface area contributed by atoms with Crippen molar-refractivity contribution in [2.24, 2.45) is 0 Å². The van der Waals surface area contributed by atoms with Crippen molar-refractivity contribution < 1.29 is 14.7 Å². The SMILES string of the molecule is CC(Cc1ccsc1)NC(=O)NCCCCCCC(=O)O. The number of amides is 2. The summed E-state index contributed by atoms with van der Waals surface area (Å²) >= 11 is 1.66. The molecule has 0 spiro atoms. The molecule has 0 aliphatic carbocycles. The lowest BCUT2D eigenvalue weighted by atomic mass is 10.1. The van der Waals surface area contributed by atoms with Crippen LogP contribution >= 0.6 is 11.3 Å². The first-order chi connectivity index (χ1) is 10.1. The van der Waals surface area contributed by atoms with E-state index in [0.717, 1.165) is 25.7 Å². The molecule has 5 nitrogen and oxygen atoms in total. The molecule has 0 aliphatic rings. The molecule has 21 heavy (non-hydrogen) atoms. The van der Waals surface area contributed by atoms with Gasteiger partial charge in [-0.2, -0.15) is 11.3 Å². The van der Waals surface area contributed by atoms with Crippen LogP contribution in [0.15, 0.2) is 16.8 Å². The van der Waals surface area contributed by atoms with Crippen LogP contribution in [0.1, 0.15) is 44.6 Å². The first-order valence-electron chi connectivity index (χ1n) is 7.35. The highest BCUT2D eigenvalue weighted by Gasteiger charge is 2.07. The summed E-state index contributed by atoms with van der Waals surface area (Å²) in [6.45, 7) is 2.62. The highest BCUT2D eigenvalue weighted by atomic mass is 32.1. The van der Waals surface area contributed by atoms with Crippen molar-refractivity contribution in [3.05, 3.63) is 22.4 Å². The minimum absolute atomic E-state index is 0.107. The predicted octanol–water partition coefficient (Wildman–Crippen LogP) is 3.01. The molecule has 1 aromatic rings. The van der Waals surface area contributed by atoms with E-state index in [4.69, 9.17) is 5.11 Å². The third-order valence-corrected chi connectivity index (χ3v) is 3.83. The second-order valence-electron chi connectivity index (χ2n) is 5.19. The maximum absolute atomic E-state index is 11.7. The van der Waals surface area contributed by atoms with Gasteiger partial charge in [0.25, 0.3) is 0 Å². The van der Waals surface area contributed by atoms with Gasteiger partial charge in [-0.1, -0.05) is 12.8 Å². The highest BCUT2D eigenvalue weighted by Crippen LogP contribution is 2.08. The van der Waals surface area contributed by atoms with Crippen molar-refractivity contribution in [2.75, 3.05) is 6.54 Å². The van der Waals surface area contributed by atoms with Gasteiger partial charge < -0.3 is 15.7 Å². The lowest BCUT2D eigenvalue weighted by Crippen LogP contribution is -2.41. The van der Waals surface area contributed by atoms with Gasteiger partial charge in [0.05, 0.1) is 0 Å². The normalized spacial score (nSPS) is 11.9. The van der Waals surface area contributed by atoms with Crippen LogP contribution in [-0.4, -0.2) is 29.7 Å². The Morgan fingerprint density at radius 1 is 1.29 bits per heavy atom. The number of nitrogens with one attached hydrogen (secondary N) is 2. The molecule has 1 heterocycles. The van der Waals surface area contributed by atoms with E-state index in [2.05, 4.69) is 22.1 Å². The summed E-state index contributed by atoms with van der Waals surface area (Å²) in [5.41, 5.74) is 1.24. The van der Waals surface area contributed by atoms with Crippen molar-refractivity contribution in [1.82, 2.24) is 10.6 Å². The van der Waals surface area contributed by atoms with Gasteiger partial charge in [0.15, 0.2) is 0 Å². The fraction of sp³-hybridized carbons (Fsp3) is 0.600. The summed E-state index contributed by atoms with van der Waals surface area (Å²) in [5.74, 6) is -0.743. The molecule has 0 fully saturated rings. The van der Waals surface area contributed by atoms with E-state index in [1.165, 1.54) is 5.56 Å². The number of aliphatic carboxylic acids is 1. The monoisotopic (exact) mass is 312 g/mol. The molecule has 0 saturated carbocycles. The topological polar surface area (TPSA) is 78.4 Å². The number of carboxylic acid groups (broad SMARTS) is 1. The summed E-state index contributed by atoms with van der Waals surface area (Å²) in [7, 11) is 0. The first-order valence-corrected chi connectivity index (χ1v) is 8.29. The molecule has 6 heteroatoms. The van der Waals surface area contributed by atoms with Crippen LogP contribution in [0.5, 0.6) is 0 Å². The number of carboxylic acids is 1. The minimum atomic E-state index is -0.743. The quantitative estimate of drug-likeness (QED) is 0.581. The molecular formula is C15H24N2O3S. The number of thiophene rings is 1. The summed E-state index contributed by atoms with van der Waals surface area (Å²) in [6.07, 6.45) is 4.49. The van der Waals surface area contributed by atoms with Crippen LogP contribution in [0.3, 0.4) is 0 Å². The molecule has 0 radical (unpaired) electrons. The third kappa shape index (κ3) is 9.07. The predicted molar refractivity (Wildman–Crippen MR) is 84.7 cm³/mol. The molecular weight excluding hydrogens is 288 g/mol. The summed E-state index contributed by atoms with van der Waals surface area (Å²) in [5, 5.41) is 18.4. The molecule has 1 aromatic heterocycles. The fourth-order valence-corrected chi connectivity index (χ4v) is 2.73. The third-order valence-electron chi connectivity index (χ3n) is 3.10. The highest BCUT2D eigenvalue weighted by molar-refractivity contribution is 7.07. The van der Waals surface area contributed by atoms with Crippen LogP contribution in [-0.2, 0) is 11.2 Å². The molecule has 1 unspecified atom stereocenters. The summed E-state index contributed by atoms with van der Waals surface area (Å²) in [6, 6.07) is 2.04. The summed E-state index contributed by atoms with van der Waals surface area (Å²) in [4.78, 5) is 22.0. The standard InChI is InChI=1S/C15H24N2O3S/c1-12(10-13-7-9-21-11-13)17-15(20)16-8-5-3-2-4-6-14(18)19/h7,9,11-12H,2-6,8,10H2,1H3,(H,18,19)(H2,16,17,20). The van der Waals surface area contributed by atoms with Crippen molar-refractivity contribution in [2.45, 2.75) is 51.5 Å². The molecule has 118 valence electrons. The molecule has 0 saturated heterocycles. The zero-order valence-electron chi connectivity index (χ0n) is 12.4. The van der Waals surface area contributed by atoms with Crippen molar-refractivity contribution >= 4 is 23.3 Å². The van der Waals surface area contributed by atoms with Gasteiger partial charge in [0, 0.05) is 19.0 Å². The van der Waals surface area contributed by atoms with Crippen LogP contribution in [0, 0.1) is 0 Å². The first kappa shape index (κ1) is 17.5. The van der Waals surface area contributed by atoms with Crippen LogP contribution < -0.4 is 10.6 Å². The average Bonchev–Trinajstić information content (AvgIpc) is 2.89. The van der Waals surface area contributed by atoms with E-state index in [1.54, 1.807) is 11.3 Å². The van der Waals surface area contributed by atoms with Gasteiger partial charge in [-0.25, -0.2) is 4.79 Å².